The van der Waals surface area contributed by atoms with Gasteiger partial charge < -0.3 is 5.11 Å². The first-order chi connectivity index (χ1) is 5.25. The average molecular weight is 157 g/mol. The first kappa shape index (κ1) is 9.01. The van der Waals surface area contributed by atoms with E-state index in [9.17, 15) is 0 Å². The smallest absolute Gasteiger partial charge is 0.0443 e. The highest BCUT2D eigenvalue weighted by Gasteiger charge is 2.29. The fraction of sp³-hybridized carbons (Fsp3) is 1.00. The van der Waals surface area contributed by atoms with Crippen LogP contribution < -0.4 is 0 Å². The topological polar surface area (TPSA) is 23.5 Å². The van der Waals surface area contributed by atoms with Crippen LogP contribution in [0.25, 0.3) is 0 Å². The summed E-state index contributed by atoms with van der Waals surface area (Å²) in [4.78, 5) is 2.50. The van der Waals surface area contributed by atoms with Crippen LogP contribution in [0.3, 0.4) is 0 Å². The molecule has 0 spiro atoms. The van der Waals surface area contributed by atoms with E-state index in [0.29, 0.717) is 12.6 Å². The lowest BCUT2D eigenvalue weighted by atomic mass is 10.3. The lowest BCUT2D eigenvalue weighted by Crippen LogP contribution is -2.34. The Kier molecular flexibility index (Phi) is 3.34. The largest absolute Gasteiger partial charge is 0.396 e. The minimum Gasteiger partial charge on any atom is -0.396 e. The number of nitrogens with zero attached hydrogens (tertiary/aromatic N) is 1. The van der Waals surface area contributed by atoms with Gasteiger partial charge in [-0.3, -0.25) is 4.90 Å². The Morgan fingerprint density at radius 3 is 2.45 bits per heavy atom. The number of hydrogen-bond donors (Lipinski definition) is 1. The highest BCUT2D eigenvalue weighted by molar-refractivity contribution is 4.85. The van der Waals surface area contributed by atoms with Crippen molar-refractivity contribution in [2.45, 2.75) is 45.2 Å². The number of aliphatic hydroxyl groups is 1. The molecule has 1 rings (SSSR count). The van der Waals surface area contributed by atoms with E-state index in [2.05, 4.69) is 18.7 Å². The highest BCUT2D eigenvalue weighted by Crippen LogP contribution is 2.28. The predicted molar refractivity (Wildman–Crippen MR) is 46.6 cm³/mol. The molecule has 1 fully saturated rings. The zero-order valence-corrected chi connectivity index (χ0v) is 7.58. The fourth-order valence-corrected chi connectivity index (χ4v) is 1.52. The molecule has 0 amide bonds. The normalized spacial score (nSPS) is 18.3. The molecule has 0 unspecified atom stereocenters. The molecule has 0 aliphatic heterocycles. The summed E-state index contributed by atoms with van der Waals surface area (Å²) in [5.74, 6) is 0. The van der Waals surface area contributed by atoms with Gasteiger partial charge in [0.2, 0.25) is 0 Å². The predicted octanol–water partition coefficient (Wildman–Crippen LogP) is 1.24. The molecule has 0 heterocycles. The summed E-state index contributed by atoms with van der Waals surface area (Å²) in [5, 5.41) is 8.67. The summed E-state index contributed by atoms with van der Waals surface area (Å²) >= 11 is 0. The first-order valence-corrected chi connectivity index (χ1v) is 4.62. The Morgan fingerprint density at radius 2 is 2.09 bits per heavy atom. The van der Waals surface area contributed by atoms with Crippen molar-refractivity contribution in [1.29, 1.82) is 0 Å². The molecule has 0 atom stereocenters. The maximum Gasteiger partial charge on any atom is 0.0443 e. The molecule has 66 valence electrons. The van der Waals surface area contributed by atoms with E-state index >= 15 is 0 Å². The van der Waals surface area contributed by atoms with E-state index in [0.717, 1.165) is 19.0 Å². The van der Waals surface area contributed by atoms with E-state index in [1.165, 1.54) is 12.8 Å². The molecule has 0 aromatic carbocycles. The number of rotatable bonds is 5. The van der Waals surface area contributed by atoms with E-state index in [4.69, 9.17) is 5.11 Å². The van der Waals surface area contributed by atoms with Crippen LogP contribution in [0.4, 0.5) is 0 Å². The van der Waals surface area contributed by atoms with Crippen molar-refractivity contribution in [3.8, 4) is 0 Å². The minimum absolute atomic E-state index is 0.329. The van der Waals surface area contributed by atoms with Gasteiger partial charge in [-0.15, -0.1) is 0 Å². The van der Waals surface area contributed by atoms with Crippen LogP contribution in [-0.4, -0.2) is 35.2 Å². The molecule has 1 aliphatic rings. The number of aliphatic hydroxyl groups excluding tert-OH is 1. The van der Waals surface area contributed by atoms with Gasteiger partial charge in [0.05, 0.1) is 0 Å². The zero-order valence-electron chi connectivity index (χ0n) is 7.58. The van der Waals surface area contributed by atoms with Crippen LogP contribution in [0.15, 0.2) is 0 Å². The van der Waals surface area contributed by atoms with Gasteiger partial charge in [-0.1, -0.05) is 0 Å². The van der Waals surface area contributed by atoms with Crippen molar-refractivity contribution < 1.29 is 5.11 Å². The van der Waals surface area contributed by atoms with Gasteiger partial charge in [0.15, 0.2) is 0 Å². The van der Waals surface area contributed by atoms with Crippen LogP contribution in [0.1, 0.15) is 33.1 Å². The summed E-state index contributed by atoms with van der Waals surface area (Å²) in [6.45, 7) is 5.86. The van der Waals surface area contributed by atoms with Gasteiger partial charge in [-0.05, 0) is 33.1 Å². The van der Waals surface area contributed by atoms with Gasteiger partial charge in [0.1, 0.15) is 0 Å². The van der Waals surface area contributed by atoms with Crippen molar-refractivity contribution in [3.63, 3.8) is 0 Å². The standard InChI is InChI=1S/C9H19NO/c1-8(2)10(6-3-7-11)9-4-5-9/h8-9,11H,3-7H2,1-2H3. The summed E-state index contributed by atoms with van der Waals surface area (Å²) in [5.41, 5.74) is 0. The molecule has 0 radical (unpaired) electrons. The van der Waals surface area contributed by atoms with E-state index in [1.807, 2.05) is 0 Å². The quantitative estimate of drug-likeness (QED) is 0.649. The molecule has 1 saturated carbocycles. The maximum absolute atomic E-state index is 8.67. The first-order valence-electron chi connectivity index (χ1n) is 4.62. The molecule has 2 heteroatoms. The van der Waals surface area contributed by atoms with Crippen LogP contribution in [0.5, 0.6) is 0 Å². The van der Waals surface area contributed by atoms with Crippen molar-refractivity contribution >= 4 is 0 Å². The van der Waals surface area contributed by atoms with Crippen molar-refractivity contribution in [2.75, 3.05) is 13.2 Å². The van der Waals surface area contributed by atoms with Crippen LogP contribution in [0, 0.1) is 0 Å². The summed E-state index contributed by atoms with van der Waals surface area (Å²) < 4.78 is 0. The van der Waals surface area contributed by atoms with Crippen molar-refractivity contribution in [3.05, 3.63) is 0 Å². The monoisotopic (exact) mass is 157 g/mol. The highest BCUT2D eigenvalue weighted by atomic mass is 16.3. The summed E-state index contributed by atoms with van der Waals surface area (Å²) in [7, 11) is 0. The van der Waals surface area contributed by atoms with Crippen LogP contribution in [0.2, 0.25) is 0 Å². The molecule has 11 heavy (non-hydrogen) atoms. The second-order valence-corrected chi connectivity index (χ2v) is 3.64. The molecule has 1 aliphatic carbocycles. The Balaban J connectivity index is 2.21. The lowest BCUT2D eigenvalue weighted by molar-refractivity contribution is 0.184. The second kappa shape index (κ2) is 4.07. The molecule has 0 saturated heterocycles. The fourth-order valence-electron chi connectivity index (χ4n) is 1.52. The zero-order chi connectivity index (χ0) is 8.27. The third-order valence-electron chi connectivity index (χ3n) is 2.25. The van der Waals surface area contributed by atoms with Gasteiger partial charge >= 0.3 is 0 Å². The van der Waals surface area contributed by atoms with Gasteiger partial charge in [-0.2, -0.15) is 0 Å². The SMILES string of the molecule is CC(C)N(CCCO)C1CC1. The third-order valence-corrected chi connectivity index (χ3v) is 2.25. The molecule has 2 nitrogen and oxygen atoms in total. The lowest BCUT2D eigenvalue weighted by Gasteiger charge is -2.25. The molecule has 0 aromatic heterocycles. The molecule has 1 N–H and O–H groups in total. The summed E-state index contributed by atoms with van der Waals surface area (Å²) in [6, 6.07) is 1.48. The maximum atomic E-state index is 8.67. The van der Waals surface area contributed by atoms with E-state index in [1.54, 1.807) is 0 Å². The van der Waals surface area contributed by atoms with Crippen molar-refractivity contribution in [1.82, 2.24) is 4.90 Å². The second-order valence-electron chi connectivity index (χ2n) is 3.64. The van der Waals surface area contributed by atoms with Crippen LogP contribution in [-0.2, 0) is 0 Å². The van der Waals surface area contributed by atoms with Gasteiger partial charge in [-0.25, -0.2) is 0 Å². The Labute approximate surface area is 69.2 Å². The molecular formula is C9H19NO. The Morgan fingerprint density at radius 1 is 1.45 bits per heavy atom. The molecule has 0 bridgehead atoms. The minimum atomic E-state index is 0.329. The molecule has 0 aromatic rings. The van der Waals surface area contributed by atoms with E-state index < -0.39 is 0 Å². The Bertz CT molecular complexity index is 108. The van der Waals surface area contributed by atoms with Crippen LogP contribution >= 0.6 is 0 Å². The third kappa shape index (κ3) is 2.80. The average Bonchev–Trinajstić information content (AvgIpc) is 2.71. The van der Waals surface area contributed by atoms with E-state index in [-0.39, 0.29) is 0 Å². The van der Waals surface area contributed by atoms with Crippen molar-refractivity contribution in [2.24, 2.45) is 0 Å². The Hall–Kier alpha value is -0.0800. The number of hydrogen-bond acceptors (Lipinski definition) is 2. The van der Waals surface area contributed by atoms with Gasteiger partial charge in [0.25, 0.3) is 0 Å². The van der Waals surface area contributed by atoms with Gasteiger partial charge in [0, 0.05) is 25.2 Å². The molecular weight excluding hydrogens is 138 g/mol. The summed E-state index contributed by atoms with van der Waals surface area (Å²) in [6.07, 6.45) is 3.65.